The molecule has 138 valence electrons. The van der Waals surface area contributed by atoms with Gasteiger partial charge in [-0.1, -0.05) is 30.3 Å². The molecule has 2 aliphatic heterocycles. The number of carbonyl (C=O) groups is 1. The SMILES string of the molecule is CN(C)C(=O)N1CCC(CN2CCN(Cc3ccccc3)CC2)CC1. The maximum absolute atomic E-state index is 12.0. The van der Waals surface area contributed by atoms with Gasteiger partial charge in [-0.15, -0.1) is 0 Å². The quantitative estimate of drug-likeness (QED) is 0.839. The van der Waals surface area contributed by atoms with Crippen LogP contribution in [-0.2, 0) is 6.54 Å². The Morgan fingerprint density at radius 3 is 2.16 bits per heavy atom. The van der Waals surface area contributed by atoms with Gasteiger partial charge in [-0.3, -0.25) is 4.90 Å². The van der Waals surface area contributed by atoms with Crippen LogP contribution >= 0.6 is 0 Å². The number of amides is 2. The summed E-state index contributed by atoms with van der Waals surface area (Å²) < 4.78 is 0. The Balaban J connectivity index is 1.36. The zero-order valence-electron chi connectivity index (χ0n) is 15.7. The van der Waals surface area contributed by atoms with Gasteiger partial charge in [-0.2, -0.15) is 0 Å². The molecular formula is C20H32N4O. The van der Waals surface area contributed by atoms with E-state index in [-0.39, 0.29) is 6.03 Å². The molecule has 0 radical (unpaired) electrons. The molecule has 25 heavy (non-hydrogen) atoms. The highest BCUT2D eigenvalue weighted by molar-refractivity contribution is 5.73. The highest BCUT2D eigenvalue weighted by Gasteiger charge is 2.26. The summed E-state index contributed by atoms with van der Waals surface area (Å²) in [6.07, 6.45) is 2.29. The van der Waals surface area contributed by atoms with Gasteiger partial charge in [-0.25, -0.2) is 4.79 Å². The Labute approximate surface area is 152 Å². The van der Waals surface area contributed by atoms with Crippen molar-refractivity contribution in [2.45, 2.75) is 19.4 Å². The van der Waals surface area contributed by atoms with E-state index in [2.05, 4.69) is 40.1 Å². The van der Waals surface area contributed by atoms with Crippen molar-refractivity contribution in [2.75, 3.05) is 59.9 Å². The molecule has 0 spiro atoms. The average Bonchev–Trinajstić information content (AvgIpc) is 2.64. The number of nitrogens with zero attached hydrogens (tertiary/aromatic N) is 4. The third-order valence-electron chi connectivity index (χ3n) is 5.50. The predicted molar refractivity (Wildman–Crippen MR) is 102 cm³/mol. The summed E-state index contributed by atoms with van der Waals surface area (Å²) in [6.45, 7) is 8.75. The minimum absolute atomic E-state index is 0.160. The summed E-state index contributed by atoms with van der Waals surface area (Å²) in [6, 6.07) is 10.9. The van der Waals surface area contributed by atoms with E-state index in [9.17, 15) is 4.79 Å². The smallest absolute Gasteiger partial charge is 0.319 e. The molecular weight excluding hydrogens is 312 g/mol. The van der Waals surface area contributed by atoms with Crippen molar-refractivity contribution >= 4 is 6.03 Å². The fourth-order valence-electron chi connectivity index (χ4n) is 3.93. The average molecular weight is 345 g/mol. The fourth-order valence-corrected chi connectivity index (χ4v) is 3.93. The van der Waals surface area contributed by atoms with Crippen molar-refractivity contribution in [3.8, 4) is 0 Å². The number of benzene rings is 1. The van der Waals surface area contributed by atoms with Crippen molar-refractivity contribution < 1.29 is 4.79 Å². The second-order valence-corrected chi connectivity index (χ2v) is 7.67. The van der Waals surface area contributed by atoms with Gasteiger partial charge in [0.1, 0.15) is 0 Å². The molecule has 2 amide bonds. The number of hydrogen-bond donors (Lipinski definition) is 0. The number of urea groups is 1. The van der Waals surface area contributed by atoms with Crippen LogP contribution in [0.4, 0.5) is 4.79 Å². The summed E-state index contributed by atoms with van der Waals surface area (Å²) in [5.41, 5.74) is 1.41. The first-order valence-electron chi connectivity index (χ1n) is 9.56. The van der Waals surface area contributed by atoms with Crippen LogP contribution in [0.15, 0.2) is 30.3 Å². The largest absolute Gasteiger partial charge is 0.331 e. The lowest BCUT2D eigenvalue weighted by Crippen LogP contribution is -2.49. The van der Waals surface area contributed by atoms with E-state index in [1.54, 1.807) is 4.90 Å². The Morgan fingerprint density at radius 1 is 0.960 bits per heavy atom. The molecule has 2 saturated heterocycles. The molecule has 2 fully saturated rings. The van der Waals surface area contributed by atoms with Crippen LogP contribution in [0, 0.1) is 5.92 Å². The summed E-state index contributed by atoms with van der Waals surface area (Å²) >= 11 is 0. The summed E-state index contributed by atoms with van der Waals surface area (Å²) in [5.74, 6) is 0.742. The zero-order valence-corrected chi connectivity index (χ0v) is 15.7. The lowest BCUT2D eigenvalue weighted by molar-refractivity contribution is 0.0928. The van der Waals surface area contributed by atoms with Crippen molar-refractivity contribution in [1.82, 2.24) is 19.6 Å². The molecule has 5 nitrogen and oxygen atoms in total. The number of carbonyl (C=O) groups excluding carboxylic acids is 1. The first-order valence-corrected chi connectivity index (χ1v) is 9.56. The molecule has 0 bridgehead atoms. The number of piperidine rings is 1. The summed E-state index contributed by atoms with van der Waals surface area (Å²) in [4.78, 5) is 20.9. The minimum Gasteiger partial charge on any atom is -0.331 e. The van der Waals surface area contributed by atoms with Gasteiger partial charge in [0.05, 0.1) is 0 Å². The Bertz CT molecular complexity index is 532. The van der Waals surface area contributed by atoms with Crippen molar-refractivity contribution in [2.24, 2.45) is 5.92 Å². The summed E-state index contributed by atoms with van der Waals surface area (Å²) in [7, 11) is 3.67. The number of likely N-dealkylation sites (tertiary alicyclic amines) is 1. The molecule has 2 heterocycles. The van der Waals surface area contributed by atoms with Crippen molar-refractivity contribution in [3.05, 3.63) is 35.9 Å². The maximum Gasteiger partial charge on any atom is 0.319 e. The standard InChI is InChI=1S/C20H32N4O/c1-21(2)20(25)24-10-8-19(9-11-24)17-23-14-12-22(13-15-23)16-18-6-4-3-5-7-18/h3-7,19H,8-17H2,1-2H3. The molecule has 0 saturated carbocycles. The van der Waals surface area contributed by atoms with Gasteiger partial charge in [0, 0.05) is 66.5 Å². The van der Waals surface area contributed by atoms with Crippen LogP contribution in [0.3, 0.4) is 0 Å². The predicted octanol–water partition coefficient (Wildman–Crippen LogP) is 2.20. The molecule has 1 aromatic carbocycles. The number of piperazine rings is 1. The van der Waals surface area contributed by atoms with E-state index in [0.717, 1.165) is 51.5 Å². The Kier molecular flexibility index (Phi) is 6.32. The second-order valence-electron chi connectivity index (χ2n) is 7.67. The van der Waals surface area contributed by atoms with E-state index in [1.807, 2.05) is 19.0 Å². The minimum atomic E-state index is 0.160. The van der Waals surface area contributed by atoms with Crippen LogP contribution in [0.2, 0.25) is 0 Å². The first kappa shape index (κ1) is 18.2. The summed E-state index contributed by atoms with van der Waals surface area (Å²) in [5, 5.41) is 0. The van der Waals surface area contributed by atoms with Gasteiger partial charge in [0.15, 0.2) is 0 Å². The molecule has 0 aliphatic carbocycles. The molecule has 0 atom stereocenters. The normalized spacial score (nSPS) is 20.6. The molecule has 2 aliphatic rings. The molecule has 0 N–H and O–H groups in total. The van der Waals surface area contributed by atoms with Crippen LogP contribution in [0.25, 0.3) is 0 Å². The maximum atomic E-state index is 12.0. The van der Waals surface area contributed by atoms with Crippen molar-refractivity contribution in [1.29, 1.82) is 0 Å². The van der Waals surface area contributed by atoms with Crippen LogP contribution < -0.4 is 0 Å². The highest BCUT2D eigenvalue weighted by atomic mass is 16.2. The lowest BCUT2D eigenvalue weighted by atomic mass is 9.96. The molecule has 0 unspecified atom stereocenters. The van der Waals surface area contributed by atoms with Crippen LogP contribution in [-0.4, -0.2) is 85.5 Å². The lowest BCUT2D eigenvalue weighted by Gasteiger charge is -2.39. The highest BCUT2D eigenvalue weighted by Crippen LogP contribution is 2.20. The van der Waals surface area contributed by atoms with E-state index in [4.69, 9.17) is 0 Å². The van der Waals surface area contributed by atoms with Crippen molar-refractivity contribution in [3.63, 3.8) is 0 Å². The van der Waals surface area contributed by atoms with Crippen LogP contribution in [0.1, 0.15) is 18.4 Å². The fraction of sp³-hybridized carbons (Fsp3) is 0.650. The zero-order chi connectivity index (χ0) is 17.6. The van der Waals surface area contributed by atoms with E-state index in [0.29, 0.717) is 0 Å². The van der Waals surface area contributed by atoms with Gasteiger partial charge in [-0.05, 0) is 24.3 Å². The third-order valence-corrected chi connectivity index (χ3v) is 5.50. The monoisotopic (exact) mass is 344 g/mol. The van der Waals surface area contributed by atoms with E-state index < -0.39 is 0 Å². The van der Waals surface area contributed by atoms with Gasteiger partial charge < -0.3 is 14.7 Å². The molecule has 1 aromatic rings. The molecule has 5 heteroatoms. The van der Waals surface area contributed by atoms with Gasteiger partial charge in [0.2, 0.25) is 0 Å². The number of rotatable bonds is 4. The van der Waals surface area contributed by atoms with Gasteiger partial charge in [0.25, 0.3) is 0 Å². The molecule has 0 aromatic heterocycles. The van der Waals surface area contributed by atoms with Gasteiger partial charge >= 0.3 is 6.03 Å². The topological polar surface area (TPSA) is 30.0 Å². The van der Waals surface area contributed by atoms with E-state index in [1.165, 1.54) is 25.2 Å². The number of hydrogen-bond acceptors (Lipinski definition) is 3. The Morgan fingerprint density at radius 2 is 1.56 bits per heavy atom. The Hall–Kier alpha value is -1.59. The van der Waals surface area contributed by atoms with Crippen LogP contribution in [0.5, 0.6) is 0 Å². The first-order chi connectivity index (χ1) is 12.1. The third kappa shape index (κ3) is 5.19. The molecule has 3 rings (SSSR count). The van der Waals surface area contributed by atoms with E-state index >= 15 is 0 Å². The second kappa shape index (κ2) is 8.68.